The predicted molar refractivity (Wildman–Crippen MR) is 91.2 cm³/mol. The molecule has 134 valence electrons. The summed E-state index contributed by atoms with van der Waals surface area (Å²) in [5.41, 5.74) is -2.49. The number of rotatable bonds is 2. The highest BCUT2D eigenvalue weighted by atomic mass is 79.9. The van der Waals surface area contributed by atoms with E-state index in [0.29, 0.717) is 4.47 Å². The Hall–Kier alpha value is -2.81. The number of alkyl halides is 3. The maximum Gasteiger partial charge on any atom is 0.416 e. The van der Waals surface area contributed by atoms with Crippen LogP contribution in [0.3, 0.4) is 0 Å². The summed E-state index contributed by atoms with van der Waals surface area (Å²) in [7, 11) is 0. The third kappa shape index (κ3) is 3.43. The number of amides is 1. The Balaban J connectivity index is 1.95. The van der Waals surface area contributed by atoms with Crippen LogP contribution in [0.5, 0.6) is 5.75 Å². The van der Waals surface area contributed by atoms with Crippen LogP contribution in [-0.2, 0) is 6.18 Å². The van der Waals surface area contributed by atoms with E-state index in [1.807, 2.05) is 0 Å². The first-order valence-electron chi connectivity index (χ1n) is 7.11. The molecule has 9 heteroatoms. The van der Waals surface area contributed by atoms with E-state index in [9.17, 15) is 27.9 Å². The van der Waals surface area contributed by atoms with Crippen molar-refractivity contribution in [1.29, 1.82) is 0 Å². The van der Waals surface area contributed by atoms with Crippen LogP contribution in [0.1, 0.15) is 15.9 Å². The van der Waals surface area contributed by atoms with Gasteiger partial charge >= 0.3 is 11.8 Å². The van der Waals surface area contributed by atoms with Crippen LogP contribution in [-0.4, -0.2) is 11.0 Å². The average Bonchev–Trinajstić information content (AvgIpc) is 2.54. The normalized spacial score (nSPS) is 11.5. The molecule has 1 amide bonds. The summed E-state index contributed by atoms with van der Waals surface area (Å²) in [6.07, 6.45) is -4.51. The summed E-state index contributed by atoms with van der Waals surface area (Å²) in [5, 5.41) is 12.6. The zero-order chi connectivity index (χ0) is 19.1. The predicted octanol–water partition coefficient (Wildman–Crippen LogP) is 4.53. The monoisotopic (exact) mass is 427 g/mol. The van der Waals surface area contributed by atoms with Crippen molar-refractivity contribution in [2.75, 3.05) is 5.32 Å². The highest BCUT2D eigenvalue weighted by Gasteiger charge is 2.30. The molecule has 0 bridgehead atoms. The molecule has 0 saturated heterocycles. The summed E-state index contributed by atoms with van der Waals surface area (Å²) >= 11 is 3.19. The maximum atomic E-state index is 12.6. The lowest BCUT2D eigenvalue weighted by Crippen LogP contribution is -2.21. The molecule has 0 aliphatic carbocycles. The topological polar surface area (TPSA) is 79.5 Å². The Kier molecular flexibility index (Phi) is 4.49. The standard InChI is InChI=1S/C17H9BrF3NO4/c18-9-3-6-11-12(7-9)26-16(25)13(14(11)23)15(24)22-10-4-1-8(2-5-10)17(19,20)21/h1-7,23H,(H,22,24). The Labute approximate surface area is 152 Å². The first kappa shape index (κ1) is 18.0. The quantitative estimate of drug-likeness (QED) is 0.588. The van der Waals surface area contributed by atoms with E-state index in [4.69, 9.17) is 4.42 Å². The van der Waals surface area contributed by atoms with Crippen LogP contribution in [0.15, 0.2) is 56.1 Å². The van der Waals surface area contributed by atoms with Crippen molar-refractivity contribution in [3.05, 3.63) is 68.5 Å². The van der Waals surface area contributed by atoms with Gasteiger partial charge in [0, 0.05) is 10.2 Å². The molecule has 26 heavy (non-hydrogen) atoms. The van der Waals surface area contributed by atoms with Gasteiger partial charge in [-0.15, -0.1) is 0 Å². The van der Waals surface area contributed by atoms with Crippen LogP contribution in [0.25, 0.3) is 11.0 Å². The number of hydrogen-bond donors (Lipinski definition) is 2. The van der Waals surface area contributed by atoms with Crippen LogP contribution in [0, 0.1) is 0 Å². The van der Waals surface area contributed by atoms with Crippen LogP contribution >= 0.6 is 15.9 Å². The SMILES string of the molecule is O=C(Nc1ccc(C(F)(F)F)cc1)c1c(O)c2ccc(Br)cc2oc1=O. The molecular weight excluding hydrogens is 419 g/mol. The minimum Gasteiger partial charge on any atom is -0.506 e. The average molecular weight is 428 g/mol. The molecule has 0 atom stereocenters. The van der Waals surface area contributed by atoms with Crippen molar-refractivity contribution in [3.8, 4) is 5.75 Å². The van der Waals surface area contributed by atoms with Crippen LogP contribution in [0.2, 0.25) is 0 Å². The highest BCUT2D eigenvalue weighted by Crippen LogP contribution is 2.31. The molecule has 3 rings (SSSR count). The van der Waals surface area contributed by atoms with Crippen molar-refractivity contribution in [2.24, 2.45) is 0 Å². The van der Waals surface area contributed by atoms with Gasteiger partial charge in [0.1, 0.15) is 11.3 Å². The van der Waals surface area contributed by atoms with Crippen molar-refractivity contribution in [1.82, 2.24) is 0 Å². The molecule has 0 radical (unpaired) electrons. The van der Waals surface area contributed by atoms with Gasteiger partial charge in [0.25, 0.3) is 5.91 Å². The number of halogens is 4. The lowest BCUT2D eigenvalue weighted by molar-refractivity contribution is -0.137. The Morgan fingerprint density at radius 3 is 2.38 bits per heavy atom. The molecule has 1 aromatic heterocycles. The number of carbonyl (C=O) groups excluding carboxylic acids is 1. The first-order valence-corrected chi connectivity index (χ1v) is 7.90. The highest BCUT2D eigenvalue weighted by molar-refractivity contribution is 9.10. The number of benzene rings is 2. The molecule has 0 saturated carbocycles. The Bertz CT molecular complexity index is 1060. The molecule has 5 nitrogen and oxygen atoms in total. The van der Waals surface area contributed by atoms with Crippen LogP contribution in [0.4, 0.5) is 18.9 Å². The summed E-state index contributed by atoms with van der Waals surface area (Å²) in [6.45, 7) is 0. The van der Waals surface area contributed by atoms with E-state index in [0.717, 1.165) is 24.3 Å². The van der Waals surface area contributed by atoms with E-state index in [1.165, 1.54) is 12.1 Å². The molecule has 0 fully saturated rings. The number of hydrogen-bond acceptors (Lipinski definition) is 4. The molecule has 0 spiro atoms. The second-order valence-corrected chi connectivity index (χ2v) is 6.20. The largest absolute Gasteiger partial charge is 0.506 e. The fourth-order valence-electron chi connectivity index (χ4n) is 2.29. The summed E-state index contributed by atoms with van der Waals surface area (Å²) in [4.78, 5) is 24.3. The zero-order valence-electron chi connectivity index (χ0n) is 12.7. The second-order valence-electron chi connectivity index (χ2n) is 5.28. The third-order valence-corrected chi connectivity index (χ3v) is 4.03. The van der Waals surface area contributed by atoms with E-state index in [-0.39, 0.29) is 16.7 Å². The molecule has 3 aromatic rings. The van der Waals surface area contributed by atoms with Gasteiger partial charge in [-0.2, -0.15) is 13.2 Å². The number of aromatic hydroxyl groups is 1. The van der Waals surface area contributed by atoms with E-state index >= 15 is 0 Å². The maximum absolute atomic E-state index is 12.6. The first-order chi connectivity index (χ1) is 12.2. The lowest BCUT2D eigenvalue weighted by atomic mass is 10.1. The number of nitrogens with one attached hydrogen (secondary N) is 1. The second kappa shape index (κ2) is 6.49. The summed E-state index contributed by atoms with van der Waals surface area (Å²) in [6, 6.07) is 8.14. The van der Waals surface area contributed by atoms with E-state index in [1.54, 1.807) is 6.07 Å². The van der Waals surface area contributed by atoms with Crippen molar-refractivity contribution in [3.63, 3.8) is 0 Å². The van der Waals surface area contributed by atoms with E-state index in [2.05, 4.69) is 21.2 Å². The molecule has 0 aliphatic rings. The number of fused-ring (bicyclic) bond motifs is 1. The van der Waals surface area contributed by atoms with Gasteiger partial charge in [0.2, 0.25) is 0 Å². The molecule has 0 aliphatic heterocycles. The van der Waals surface area contributed by atoms with Gasteiger partial charge < -0.3 is 14.8 Å². The van der Waals surface area contributed by atoms with Gasteiger partial charge in [-0.25, -0.2) is 4.79 Å². The third-order valence-electron chi connectivity index (χ3n) is 3.54. The molecule has 1 heterocycles. The summed E-state index contributed by atoms with van der Waals surface area (Å²) in [5.74, 6) is -1.58. The molecule has 2 N–H and O–H groups in total. The Morgan fingerprint density at radius 2 is 1.77 bits per heavy atom. The van der Waals surface area contributed by atoms with Gasteiger partial charge in [-0.05, 0) is 42.5 Å². The van der Waals surface area contributed by atoms with Crippen molar-refractivity contribution >= 4 is 38.5 Å². The van der Waals surface area contributed by atoms with E-state index < -0.39 is 34.6 Å². The fraction of sp³-hybridized carbons (Fsp3) is 0.0588. The smallest absolute Gasteiger partial charge is 0.416 e. The van der Waals surface area contributed by atoms with Gasteiger partial charge in [0.15, 0.2) is 5.56 Å². The minimum atomic E-state index is -4.51. The van der Waals surface area contributed by atoms with Crippen LogP contribution < -0.4 is 10.9 Å². The lowest BCUT2D eigenvalue weighted by Gasteiger charge is -2.10. The number of carbonyl (C=O) groups is 1. The fourth-order valence-corrected chi connectivity index (χ4v) is 2.63. The molecule has 2 aromatic carbocycles. The minimum absolute atomic E-state index is 0.0257. The zero-order valence-corrected chi connectivity index (χ0v) is 14.3. The molecule has 0 unspecified atom stereocenters. The molecular formula is C17H9BrF3NO4. The van der Waals surface area contributed by atoms with Crippen molar-refractivity contribution in [2.45, 2.75) is 6.18 Å². The van der Waals surface area contributed by atoms with Crippen molar-refractivity contribution < 1.29 is 27.5 Å². The summed E-state index contributed by atoms with van der Waals surface area (Å²) < 4.78 is 43.3. The van der Waals surface area contributed by atoms with Gasteiger partial charge in [-0.1, -0.05) is 15.9 Å². The Morgan fingerprint density at radius 1 is 1.12 bits per heavy atom. The number of anilines is 1. The van der Waals surface area contributed by atoms with Gasteiger partial charge in [-0.3, -0.25) is 4.79 Å². The van der Waals surface area contributed by atoms with Gasteiger partial charge in [0.05, 0.1) is 10.9 Å².